The highest BCUT2D eigenvalue weighted by molar-refractivity contribution is 6.97. The van der Waals surface area contributed by atoms with Crippen LogP contribution < -0.4 is 4.72 Å². The third kappa shape index (κ3) is 1.97. The Morgan fingerprint density at radius 3 is 1.88 bits per heavy atom. The summed E-state index contributed by atoms with van der Waals surface area (Å²) in [6, 6.07) is 10.6. The zero-order valence-electron chi connectivity index (χ0n) is 10.6. The first kappa shape index (κ1) is 11.6. The Bertz CT molecular complexity index is 328. The highest BCUT2D eigenvalue weighted by Gasteiger charge is 2.48. The Labute approximate surface area is 99.3 Å². The Morgan fingerprint density at radius 2 is 1.44 bits per heavy atom. The summed E-state index contributed by atoms with van der Waals surface area (Å²) in [6.45, 7) is 1.05. The molecule has 1 aromatic carbocycles. The van der Waals surface area contributed by atoms with E-state index in [1.165, 1.54) is 11.9 Å². The van der Waals surface area contributed by atoms with Crippen LogP contribution in [0.5, 0.6) is 0 Å². The third-order valence-electron chi connectivity index (χ3n) is 3.31. The number of benzene rings is 1. The van der Waals surface area contributed by atoms with Crippen LogP contribution in [0.3, 0.4) is 0 Å². The van der Waals surface area contributed by atoms with E-state index in [9.17, 15) is 0 Å². The third-order valence-corrected chi connectivity index (χ3v) is 3.31. The minimum Gasteiger partial charge on any atom is -0.434 e. The van der Waals surface area contributed by atoms with Crippen LogP contribution in [-0.2, 0) is 0 Å². The average Bonchev–Trinajstić information content (AvgIpc) is 2.16. The molecule has 84 valence electrons. The maximum atomic E-state index is 2.47. The number of nitrogens with zero attached hydrogens (tertiary/aromatic N) is 3. The van der Waals surface area contributed by atoms with Crippen LogP contribution in [-0.4, -0.2) is 51.8 Å². The van der Waals surface area contributed by atoms with E-state index in [4.69, 9.17) is 0 Å². The number of para-hydroxylation sites is 1. The second-order valence-electron chi connectivity index (χ2n) is 4.87. The first-order chi connectivity index (χ1) is 7.61. The fourth-order valence-corrected chi connectivity index (χ4v) is 2.34. The van der Waals surface area contributed by atoms with E-state index >= 15 is 0 Å². The summed E-state index contributed by atoms with van der Waals surface area (Å²) in [5.74, 6) is 0. The van der Waals surface area contributed by atoms with Gasteiger partial charge in [-0.05, 0) is 46.5 Å². The fourth-order valence-electron chi connectivity index (χ4n) is 2.34. The molecule has 1 aromatic rings. The van der Waals surface area contributed by atoms with E-state index in [2.05, 4.69) is 72.9 Å². The molecule has 0 radical (unpaired) electrons. The van der Waals surface area contributed by atoms with Gasteiger partial charge < -0.3 is 14.3 Å². The summed E-state index contributed by atoms with van der Waals surface area (Å²) >= 11 is 0. The van der Waals surface area contributed by atoms with Gasteiger partial charge in [0.25, 0.3) is 0 Å². The summed E-state index contributed by atoms with van der Waals surface area (Å²) in [7, 11) is 8.58. The summed E-state index contributed by atoms with van der Waals surface area (Å²) in [5, 5.41) is 0. The summed E-state index contributed by atoms with van der Waals surface area (Å²) in [6.07, 6.45) is 1.20. The smallest absolute Gasteiger partial charge is 0.326 e. The number of hydrogen-bond donors (Lipinski definition) is 0. The molecule has 2 rings (SSSR count). The highest BCUT2D eigenvalue weighted by Crippen LogP contribution is 2.29. The van der Waals surface area contributed by atoms with Crippen molar-refractivity contribution in [1.82, 2.24) is 9.62 Å². The van der Waals surface area contributed by atoms with E-state index in [0.29, 0.717) is 14.0 Å². The van der Waals surface area contributed by atoms with Crippen LogP contribution in [0.2, 0.25) is 6.22 Å². The molecule has 1 aliphatic rings. The topological polar surface area (TPSA) is 9.72 Å². The first-order valence-corrected chi connectivity index (χ1v) is 5.77. The van der Waals surface area contributed by atoms with Gasteiger partial charge in [-0.15, -0.1) is 0 Å². The Balaban J connectivity index is 2.20. The van der Waals surface area contributed by atoms with Crippen molar-refractivity contribution in [2.45, 2.75) is 6.22 Å². The molecule has 5 heteroatoms. The van der Waals surface area contributed by atoms with Gasteiger partial charge in [0.05, 0.1) is 0 Å². The van der Waals surface area contributed by atoms with Gasteiger partial charge in [0, 0.05) is 5.69 Å². The van der Waals surface area contributed by atoms with Crippen LogP contribution >= 0.6 is 0 Å². The highest BCUT2D eigenvalue weighted by atomic mass is 15.3. The van der Waals surface area contributed by atoms with Crippen molar-refractivity contribution in [3.63, 3.8) is 0 Å². The molecule has 3 nitrogen and oxygen atoms in total. The fraction of sp³-hybridized carbons (Fsp3) is 0.455. The SMILES string of the molecule is CN(C)B1CB(N(C)C)N1c1ccccc1. The van der Waals surface area contributed by atoms with Crippen LogP contribution in [0.15, 0.2) is 30.3 Å². The maximum Gasteiger partial charge on any atom is 0.326 e. The van der Waals surface area contributed by atoms with Crippen molar-refractivity contribution in [2.24, 2.45) is 0 Å². The largest absolute Gasteiger partial charge is 0.434 e. The van der Waals surface area contributed by atoms with Crippen molar-refractivity contribution in [3.8, 4) is 0 Å². The van der Waals surface area contributed by atoms with Crippen molar-refractivity contribution in [1.29, 1.82) is 0 Å². The van der Waals surface area contributed by atoms with Gasteiger partial charge in [-0.2, -0.15) is 0 Å². The van der Waals surface area contributed by atoms with Gasteiger partial charge in [-0.25, -0.2) is 0 Å². The molecule has 0 amide bonds. The van der Waals surface area contributed by atoms with Crippen LogP contribution in [0.4, 0.5) is 5.69 Å². The number of anilines is 1. The normalized spacial score (nSPS) is 16.0. The molecule has 1 saturated heterocycles. The quantitative estimate of drug-likeness (QED) is 0.700. The molecule has 16 heavy (non-hydrogen) atoms. The monoisotopic (exact) mass is 215 g/mol. The van der Waals surface area contributed by atoms with E-state index in [1.807, 2.05) is 0 Å². The Hall–Kier alpha value is -0.930. The van der Waals surface area contributed by atoms with Gasteiger partial charge in [0.15, 0.2) is 0 Å². The molecule has 1 heterocycles. The zero-order chi connectivity index (χ0) is 11.7. The van der Waals surface area contributed by atoms with Crippen molar-refractivity contribution < 1.29 is 0 Å². The molecule has 1 fully saturated rings. The van der Waals surface area contributed by atoms with E-state index < -0.39 is 0 Å². The number of rotatable bonds is 3. The van der Waals surface area contributed by atoms with Gasteiger partial charge in [-0.1, -0.05) is 18.2 Å². The average molecular weight is 215 g/mol. The van der Waals surface area contributed by atoms with E-state index in [0.717, 1.165) is 0 Å². The minimum absolute atomic E-state index is 0.523. The van der Waals surface area contributed by atoms with Crippen molar-refractivity contribution in [2.75, 3.05) is 32.9 Å². The molecule has 0 spiro atoms. The molecule has 1 aliphatic heterocycles. The van der Waals surface area contributed by atoms with Gasteiger partial charge in [0.2, 0.25) is 0 Å². The second-order valence-corrected chi connectivity index (χ2v) is 4.87. The Morgan fingerprint density at radius 1 is 0.938 bits per heavy atom. The zero-order valence-corrected chi connectivity index (χ0v) is 10.6. The predicted octanol–water partition coefficient (Wildman–Crippen LogP) is 1.15. The second kappa shape index (κ2) is 4.52. The standard InChI is InChI=1S/C11H19B2N3/c1-14(2)12-10-13(15(3)4)16(12)11-8-6-5-7-9-11/h5-9H,10H2,1-4H3. The van der Waals surface area contributed by atoms with Crippen LogP contribution in [0.25, 0.3) is 0 Å². The molecule has 0 atom stereocenters. The molecule has 0 bridgehead atoms. The molecule has 0 N–H and O–H groups in total. The summed E-state index contributed by atoms with van der Waals surface area (Å²) in [5.41, 5.74) is 1.31. The van der Waals surface area contributed by atoms with E-state index in [1.54, 1.807) is 0 Å². The van der Waals surface area contributed by atoms with Gasteiger partial charge in [0.1, 0.15) is 0 Å². The molecular formula is C11H19B2N3. The maximum absolute atomic E-state index is 2.47. The van der Waals surface area contributed by atoms with Crippen LogP contribution in [0, 0.1) is 0 Å². The molecular weight excluding hydrogens is 196 g/mol. The lowest BCUT2D eigenvalue weighted by Gasteiger charge is -2.50. The van der Waals surface area contributed by atoms with Gasteiger partial charge >= 0.3 is 14.0 Å². The molecule has 0 aliphatic carbocycles. The predicted molar refractivity (Wildman–Crippen MR) is 72.6 cm³/mol. The first-order valence-electron chi connectivity index (χ1n) is 5.77. The lowest BCUT2D eigenvalue weighted by Crippen LogP contribution is -2.73. The lowest BCUT2D eigenvalue weighted by atomic mass is 9.34. The molecule has 0 unspecified atom stereocenters. The summed E-state index contributed by atoms with van der Waals surface area (Å²) < 4.78 is 2.47. The Kier molecular flexibility index (Phi) is 3.26. The molecule has 0 aromatic heterocycles. The summed E-state index contributed by atoms with van der Waals surface area (Å²) in [4.78, 5) is 4.57. The molecule has 0 saturated carbocycles. The van der Waals surface area contributed by atoms with E-state index in [-0.39, 0.29) is 0 Å². The lowest BCUT2D eigenvalue weighted by molar-refractivity contribution is 0.595. The van der Waals surface area contributed by atoms with Crippen molar-refractivity contribution in [3.05, 3.63) is 30.3 Å². The van der Waals surface area contributed by atoms with Crippen LogP contribution in [0.1, 0.15) is 0 Å². The minimum atomic E-state index is 0.523. The number of hydrogen-bond acceptors (Lipinski definition) is 3. The van der Waals surface area contributed by atoms with Gasteiger partial charge in [-0.3, -0.25) is 0 Å². The van der Waals surface area contributed by atoms with Crippen molar-refractivity contribution >= 4 is 19.7 Å².